The van der Waals surface area contributed by atoms with Gasteiger partial charge in [0.1, 0.15) is 11.7 Å². The fourth-order valence-electron chi connectivity index (χ4n) is 2.82. The maximum absolute atomic E-state index is 12.6. The van der Waals surface area contributed by atoms with Gasteiger partial charge in [0.2, 0.25) is 5.91 Å². The lowest BCUT2D eigenvalue weighted by Gasteiger charge is -2.17. The average molecular weight is 384 g/mol. The molecule has 0 saturated carbocycles. The molecule has 4 nitrogen and oxygen atoms in total. The van der Waals surface area contributed by atoms with Crippen molar-refractivity contribution < 1.29 is 27.5 Å². The normalized spacial score (nSPS) is 17.5. The summed E-state index contributed by atoms with van der Waals surface area (Å²) in [4.78, 5) is 26.5. The molecule has 1 saturated heterocycles. The molecule has 1 unspecified atom stereocenters. The summed E-state index contributed by atoms with van der Waals surface area (Å²) < 4.78 is 40.4. The molecule has 26 heavy (non-hydrogen) atoms. The van der Waals surface area contributed by atoms with Gasteiger partial charge in [-0.25, -0.2) is 0 Å². The number of alkyl halides is 3. The number of ketones is 1. The van der Waals surface area contributed by atoms with Gasteiger partial charge in [-0.3, -0.25) is 9.59 Å². The van der Waals surface area contributed by atoms with E-state index < -0.39 is 12.3 Å². The molecule has 0 radical (unpaired) electrons. The summed E-state index contributed by atoms with van der Waals surface area (Å²) in [6, 6.07) is 11.2. The third-order valence-corrected chi connectivity index (χ3v) is 4.28. The molecule has 8 heteroatoms. The van der Waals surface area contributed by atoms with E-state index in [2.05, 4.69) is 4.74 Å². The maximum atomic E-state index is 12.6. The van der Waals surface area contributed by atoms with E-state index >= 15 is 0 Å². The van der Waals surface area contributed by atoms with Crippen molar-refractivity contribution in [2.45, 2.75) is 12.8 Å². The highest BCUT2D eigenvalue weighted by atomic mass is 35.5. The Morgan fingerprint density at radius 1 is 1.08 bits per heavy atom. The molecular weight excluding hydrogens is 371 g/mol. The lowest BCUT2D eigenvalue weighted by molar-refractivity contribution is -0.274. The molecule has 1 aliphatic heterocycles. The van der Waals surface area contributed by atoms with Crippen molar-refractivity contribution in [2.75, 3.05) is 11.4 Å². The molecule has 2 aromatic carbocycles. The summed E-state index contributed by atoms with van der Waals surface area (Å²) in [7, 11) is 0. The Morgan fingerprint density at radius 2 is 1.69 bits per heavy atom. The number of hydrogen-bond donors (Lipinski definition) is 0. The monoisotopic (exact) mass is 383 g/mol. The molecule has 0 spiro atoms. The Morgan fingerprint density at radius 3 is 2.27 bits per heavy atom. The molecule has 0 aromatic heterocycles. The van der Waals surface area contributed by atoms with E-state index in [1.54, 1.807) is 24.3 Å². The molecule has 1 heterocycles. The number of hydrogen-bond acceptors (Lipinski definition) is 3. The summed E-state index contributed by atoms with van der Waals surface area (Å²) in [5.74, 6) is -1.87. The molecule has 1 amide bonds. The minimum atomic E-state index is -4.78. The zero-order valence-corrected chi connectivity index (χ0v) is 14.1. The first kappa shape index (κ1) is 18.3. The molecule has 1 fully saturated rings. The summed E-state index contributed by atoms with van der Waals surface area (Å²) in [6.07, 6.45) is -4.44. The van der Waals surface area contributed by atoms with Gasteiger partial charge in [0, 0.05) is 22.8 Å². The van der Waals surface area contributed by atoms with Crippen LogP contribution in [0.15, 0.2) is 48.5 Å². The van der Waals surface area contributed by atoms with E-state index in [1.165, 1.54) is 17.0 Å². The van der Waals surface area contributed by atoms with E-state index in [1.807, 2.05) is 0 Å². The van der Waals surface area contributed by atoms with E-state index in [0.29, 0.717) is 29.2 Å². The zero-order valence-electron chi connectivity index (χ0n) is 13.3. The first-order valence-electron chi connectivity index (χ1n) is 7.71. The SMILES string of the molecule is O=C(c1ccc(Cl)cc1)C1CCN(c2ccc(OC(F)(F)F)cc2)C1=O. The van der Waals surface area contributed by atoms with Gasteiger partial charge in [0.05, 0.1) is 0 Å². The average Bonchev–Trinajstić information content (AvgIpc) is 2.96. The molecule has 0 bridgehead atoms. The summed E-state index contributed by atoms with van der Waals surface area (Å²) >= 11 is 5.79. The highest BCUT2D eigenvalue weighted by molar-refractivity contribution is 6.30. The van der Waals surface area contributed by atoms with Gasteiger partial charge in [-0.1, -0.05) is 11.6 Å². The van der Waals surface area contributed by atoms with Crippen LogP contribution in [0.4, 0.5) is 18.9 Å². The van der Waals surface area contributed by atoms with Crippen LogP contribution in [-0.4, -0.2) is 24.6 Å². The molecule has 136 valence electrons. The van der Waals surface area contributed by atoms with E-state index in [4.69, 9.17) is 11.6 Å². The maximum Gasteiger partial charge on any atom is 0.573 e. The van der Waals surface area contributed by atoms with Gasteiger partial charge >= 0.3 is 6.36 Å². The van der Waals surface area contributed by atoms with Crippen molar-refractivity contribution in [3.63, 3.8) is 0 Å². The summed E-state index contributed by atoms with van der Waals surface area (Å²) in [5.41, 5.74) is 0.805. The first-order chi connectivity index (χ1) is 12.2. The molecule has 0 N–H and O–H groups in total. The molecule has 1 aliphatic rings. The smallest absolute Gasteiger partial charge is 0.406 e. The molecule has 1 atom stereocenters. The number of rotatable bonds is 4. The molecule has 0 aliphatic carbocycles. The van der Waals surface area contributed by atoms with Gasteiger partial charge in [0.25, 0.3) is 0 Å². The molecular formula is C18H13ClF3NO3. The van der Waals surface area contributed by atoms with Gasteiger partial charge in [-0.2, -0.15) is 0 Å². The van der Waals surface area contributed by atoms with Crippen LogP contribution in [0, 0.1) is 5.92 Å². The topological polar surface area (TPSA) is 46.6 Å². The minimum absolute atomic E-state index is 0.300. The van der Waals surface area contributed by atoms with Crippen LogP contribution in [0.25, 0.3) is 0 Å². The Bertz CT molecular complexity index is 819. The number of halogens is 4. The van der Waals surface area contributed by atoms with E-state index in [9.17, 15) is 22.8 Å². The Kier molecular flexibility index (Phi) is 4.91. The van der Waals surface area contributed by atoms with Crippen LogP contribution in [0.1, 0.15) is 16.8 Å². The van der Waals surface area contributed by atoms with Crippen LogP contribution >= 0.6 is 11.6 Å². The summed E-state index contributed by atoms with van der Waals surface area (Å²) in [6.45, 7) is 0.308. The fourth-order valence-corrected chi connectivity index (χ4v) is 2.95. The van der Waals surface area contributed by atoms with Crippen molar-refractivity contribution >= 4 is 29.0 Å². The van der Waals surface area contributed by atoms with Gasteiger partial charge in [-0.05, 0) is 55.0 Å². The number of anilines is 1. The highest BCUT2D eigenvalue weighted by Gasteiger charge is 2.38. The zero-order chi connectivity index (χ0) is 18.9. The third-order valence-electron chi connectivity index (χ3n) is 4.03. The standard InChI is InChI=1S/C18H13ClF3NO3/c19-12-3-1-11(2-4-12)16(24)15-9-10-23(17(15)25)13-5-7-14(8-6-13)26-18(20,21)22/h1-8,15H,9-10H2. The van der Waals surface area contributed by atoms with Crippen molar-refractivity contribution in [3.8, 4) is 5.75 Å². The van der Waals surface area contributed by atoms with Gasteiger partial charge < -0.3 is 9.64 Å². The van der Waals surface area contributed by atoms with Gasteiger partial charge in [-0.15, -0.1) is 13.2 Å². The highest BCUT2D eigenvalue weighted by Crippen LogP contribution is 2.30. The van der Waals surface area contributed by atoms with Crippen LogP contribution in [0.2, 0.25) is 5.02 Å². The van der Waals surface area contributed by atoms with Gasteiger partial charge in [0.15, 0.2) is 5.78 Å². The van der Waals surface area contributed by atoms with Crippen molar-refractivity contribution in [3.05, 3.63) is 59.1 Å². The second kappa shape index (κ2) is 6.99. The van der Waals surface area contributed by atoms with Crippen molar-refractivity contribution in [1.29, 1.82) is 0 Å². The van der Waals surface area contributed by atoms with Crippen LogP contribution in [0.3, 0.4) is 0 Å². The van der Waals surface area contributed by atoms with E-state index in [0.717, 1.165) is 12.1 Å². The van der Waals surface area contributed by atoms with Crippen LogP contribution in [0.5, 0.6) is 5.75 Å². The number of benzene rings is 2. The second-order valence-electron chi connectivity index (χ2n) is 5.74. The molecule has 3 rings (SSSR count). The number of ether oxygens (including phenoxy) is 1. The predicted molar refractivity (Wildman–Crippen MR) is 89.4 cm³/mol. The second-order valence-corrected chi connectivity index (χ2v) is 6.18. The lowest BCUT2D eigenvalue weighted by Crippen LogP contribution is -2.30. The van der Waals surface area contributed by atoms with Crippen LogP contribution < -0.4 is 9.64 Å². The fraction of sp³-hybridized carbons (Fsp3) is 0.222. The number of amides is 1. The Hall–Kier alpha value is -2.54. The van der Waals surface area contributed by atoms with Crippen molar-refractivity contribution in [2.24, 2.45) is 5.92 Å². The van der Waals surface area contributed by atoms with Crippen LogP contribution in [-0.2, 0) is 4.79 Å². The Balaban J connectivity index is 1.72. The number of carbonyl (C=O) groups excluding carboxylic acids is 2. The number of Topliss-reactive ketones (excluding diaryl/α,β-unsaturated/α-hetero) is 1. The third kappa shape index (κ3) is 3.99. The first-order valence-corrected chi connectivity index (χ1v) is 8.09. The largest absolute Gasteiger partial charge is 0.573 e. The molecule has 2 aromatic rings. The van der Waals surface area contributed by atoms with E-state index in [-0.39, 0.29) is 17.4 Å². The minimum Gasteiger partial charge on any atom is -0.406 e. The number of nitrogens with zero attached hydrogens (tertiary/aromatic N) is 1. The predicted octanol–water partition coefficient (Wildman–Crippen LogP) is 4.47. The van der Waals surface area contributed by atoms with Crippen molar-refractivity contribution in [1.82, 2.24) is 0 Å². The lowest BCUT2D eigenvalue weighted by atomic mass is 9.96. The summed E-state index contributed by atoms with van der Waals surface area (Å²) in [5, 5.41) is 0.488. The Labute approximate surface area is 152 Å². The quantitative estimate of drug-likeness (QED) is 0.578. The number of carbonyl (C=O) groups is 2.